The first-order valence-electron chi connectivity index (χ1n) is 4.76. The number of hydrogen-bond acceptors (Lipinski definition) is 3. The molecule has 0 saturated carbocycles. The molecule has 4 heteroatoms. The zero-order chi connectivity index (χ0) is 10.1. The van der Waals surface area contributed by atoms with Crippen molar-refractivity contribution < 1.29 is 0 Å². The van der Waals surface area contributed by atoms with E-state index in [9.17, 15) is 0 Å². The quantitative estimate of drug-likeness (QED) is 0.768. The first kappa shape index (κ1) is 9.15. The predicted octanol–water partition coefficient (Wildman–Crippen LogP) is 0.989. The van der Waals surface area contributed by atoms with Crippen molar-refractivity contribution in [3.8, 4) is 0 Å². The zero-order valence-corrected chi connectivity index (χ0v) is 8.49. The maximum Gasteiger partial charge on any atom is 0.0956 e. The average Bonchev–Trinajstić information content (AvgIpc) is 2.59. The molecule has 0 aromatic carbocycles. The normalized spacial score (nSPS) is 11.1. The maximum atomic E-state index is 5.57. The van der Waals surface area contributed by atoms with Crippen LogP contribution in [-0.4, -0.2) is 14.5 Å². The fraction of sp³-hybridized carbons (Fsp3) is 0.400. The Kier molecular flexibility index (Phi) is 2.21. The molecular formula is C10H14N4. The number of imidazole rings is 1. The van der Waals surface area contributed by atoms with E-state index in [1.54, 1.807) is 0 Å². The molecule has 4 nitrogen and oxygen atoms in total. The molecule has 0 saturated heterocycles. The van der Waals surface area contributed by atoms with E-state index in [4.69, 9.17) is 5.73 Å². The SMILES string of the molecule is CCc1nc(CN)cc2ncn(C)c12. The summed E-state index contributed by atoms with van der Waals surface area (Å²) in [5.74, 6) is 0. The molecule has 0 radical (unpaired) electrons. The molecule has 0 aliphatic heterocycles. The van der Waals surface area contributed by atoms with Crippen LogP contribution in [0.2, 0.25) is 0 Å². The fourth-order valence-electron chi connectivity index (χ4n) is 1.67. The molecule has 0 unspecified atom stereocenters. The molecule has 74 valence electrons. The summed E-state index contributed by atoms with van der Waals surface area (Å²) in [4.78, 5) is 8.79. The molecule has 2 rings (SSSR count). The van der Waals surface area contributed by atoms with Crippen LogP contribution in [0.15, 0.2) is 12.4 Å². The lowest BCUT2D eigenvalue weighted by atomic mass is 10.2. The Hall–Kier alpha value is -1.42. The van der Waals surface area contributed by atoms with Crippen LogP contribution in [0.25, 0.3) is 11.0 Å². The number of nitrogens with zero attached hydrogens (tertiary/aromatic N) is 3. The smallest absolute Gasteiger partial charge is 0.0956 e. The highest BCUT2D eigenvalue weighted by Crippen LogP contribution is 2.17. The molecule has 0 aliphatic carbocycles. The van der Waals surface area contributed by atoms with Crippen LogP contribution in [0.3, 0.4) is 0 Å². The Labute approximate surface area is 82.8 Å². The molecule has 2 aromatic heterocycles. The Morgan fingerprint density at radius 1 is 1.50 bits per heavy atom. The van der Waals surface area contributed by atoms with Crippen molar-refractivity contribution >= 4 is 11.0 Å². The predicted molar refractivity (Wildman–Crippen MR) is 55.8 cm³/mol. The highest BCUT2D eigenvalue weighted by Gasteiger charge is 2.07. The molecule has 2 heterocycles. The summed E-state index contributed by atoms with van der Waals surface area (Å²) >= 11 is 0. The van der Waals surface area contributed by atoms with Gasteiger partial charge < -0.3 is 10.3 Å². The maximum absolute atomic E-state index is 5.57. The molecule has 2 aromatic rings. The lowest BCUT2D eigenvalue weighted by Crippen LogP contribution is -2.03. The molecular weight excluding hydrogens is 176 g/mol. The fourth-order valence-corrected chi connectivity index (χ4v) is 1.67. The molecule has 0 atom stereocenters. The summed E-state index contributed by atoms with van der Waals surface area (Å²) in [5, 5.41) is 0. The van der Waals surface area contributed by atoms with Gasteiger partial charge in [-0.15, -0.1) is 0 Å². The van der Waals surface area contributed by atoms with E-state index in [1.165, 1.54) is 0 Å². The zero-order valence-electron chi connectivity index (χ0n) is 8.49. The summed E-state index contributed by atoms with van der Waals surface area (Å²) in [5.41, 5.74) is 9.66. The lowest BCUT2D eigenvalue weighted by Gasteiger charge is -2.04. The van der Waals surface area contributed by atoms with Crippen LogP contribution in [0, 0.1) is 0 Å². The molecule has 0 amide bonds. The summed E-state index contributed by atoms with van der Waals surface area (Å²) in [6.07, 6.45) is 2.72. The van der Waals surface area contributed by atoms with Gasteiger partial charge in [0.25, 0.3) is 0 Å². The number of rotatable bonds is 2. The van der Waals surface area contributed by atoms with Gasteiger partial charge in [0.05, 0.1) is 28.7 Å². The van der Waals surface area contributed by atoms with Gasteiger partial charge in [-0.25, -0.2) is 4.98 Å². The third-order valence-corrected chi connectivity index (χ3v) is 2.36. The van der Waals surface area contributed by atoms with Gasteiger partial charge in [0.15, 0.2) is 0 Å². The van der Waals surface area contributed by atoms with E-state index in [-0.39, 0.29) is 0 Å². The summed E-state index contributed by atoms with van der Waals surface area (Å²) in [6.45, 7) is 2.56. The van der Waals surface area contributed by atoms with Crippen molar-refractivity contribution in [2.24, 2.45) is 12.8 Å². The number of pyridine rings is 1. The first-order valence-corrected chi connectivity index (χ1v) is 4.76. The Bertz CT molecular complexity index is 458. The van der Waals surface area contributed by atoms with E-state index in [2.05, 4.69) is 16.9 Å². The summed E-state index contributed by atoms with van der Waals surface area (Å²) in [7, 11) is 1.98. The molecule has 2 N–H and O–H groups in total. The third-order valence-electron chi connectivity index (χ3n) is 2.36. The van der Waals surface area contributed by atoms with Crippen molar-refractivity contribution in [3.63, 3.8) is 0 Å². The van der Waals surface area contributed by atoms with E-state index >= 15 is 0 Å². The monoisotopic (exact) mass is 190 g/mol. The minimum absolute atomic E-state index is 0.472. The van der Waals surface area contributed by atoms with Crippen LogP contribution >= 0.6 is 0 Å². The van der Waals surface area contributed by atoms with Crippen molar-refractivity contribution in [3.05, 3.63) is 23.8 Å². The van der Waals surface area contributed by atoms with Gasteiger partial charge in [0, 0.05) is 13.6 Å². The Balaban J connectivity index is 2.76. The summed E-state index contributed by atoms with van der Waals surface area (Å²) in [6, 6.07) is 1.95. The second-order valence-electron chi connectivity index (χ2n) is 3.34. The van der Waals surface area contributed by atoms with Crippen LogP contribution in [0.5, 0.6) is 0 Å². The van der Waals surface area contributed by atoms with E-state index in [0.717, 1.165) is 28.8 Å². The second-order valence-corrected chi connectivity index (χ2v) is 3.34. The number of fused-ring (bicyclic) bond motifs is 1. The topological polar surface area (TPSA) is 56.7 Å². The number of hydrogen-bond donors (Lipinski definition) is 1. The standard InChI is InChI=1S/C10H14N4/c1-3-8-10-9(12-6-14(10)2)4-7(5-11)13-8/h4,6H,3,5,11H2,1-2H3. The Morgan fingerprint density at radius 2 is 2.29 bits per heavy atom. The van der Waals surface area contributed by atoms with Gasteiger partial charge in [-0.05, 0) is 12.5 Å². The third kappa shape index (κ3) is 1.28. The highest BCUT2D eigenvalue weighted by atomic mass is 15.0. The number of aromatic nitrogens is 3. The molecule has 0 aliphatic rings. The molecule has 0 bridgehead atoms. The minimum atomic E-state index is 0.472. The van der Waals surface area contributed by atoms with E-state index in [0.29, 0.717) is 6.54 Å². The van der Waals surface area contributed by atoms with Crippen LogP contribution in [-0.2, 0) is 20.0 Å². The second kappa shape index (κ2) is 3.38. The van der Waals surface area contributed by atoms with Crippen LogP contribution < -0.4 is 5.73 Å². The van der Waals surface area contributed by atoms with Gasteiger partial charge in [-0.2, -0.15) is 0 Å². The summed E-state index contributed by atoms with van der Waals surface area (Å²) < 4.78 is 2.00. The van der Waals surface area contributed by atoms with Gasteiger partial charge in [-0.3, -0.25) is 4.98 Å². The van der Waals surface area contributed by atoms with Gasteiger partial charge in [0.2, 0.25) is 0 Å². The average molecular weight is 190 g/mol. The van der Waals surface area contributed by atoms with Crippen LogP contribution in [0.1, 0.15) is 18.3 Å². The first-order chi connectivity index (χ1) is 6.76. The minimum Gasteiger partial charge on any atom is -0.332 e. The van der Waals surface area contributed by atoms with E-state index < -0.39 is 0 Å². The molecule has 14 heavy (non-hydrogen) atoms. The van der Waals surface area contributed by atoms with E-state index in [1.807, 2.05) is 24.0 Å². The van der Waals surface area contributed by atoms with Crippen molar-refractivity contribution in [2.75, 3.05) is 0 Å². The number of nitrogens with two attached hydrogens (primary N) is 1. The number of aryl methyl sites for hydroxylation is 2. The van der Waals surface area contributed by atoms with Crippen molar-refractivity contribution in [1.82, 2.24) is 14.5 Å². The van der Waals surface area contributed by atoms with Crippen molar-refractivity contribution in [2.45, 2.75) is 19.9 Å². The lowest BCUT2D eigenvalue weighted by molar-refractivity contribution is 0.904. The highest BCUT2D eigenvalue weighted by molar-refractivity contribution is 5.78. The van der Waals surface area contributed by atoms with Gasteiger partial charge in [-0.1, -0.05) is 6.92 Å². The largest absolute Gasteiger partial charge is 0.332 e. The van der Waals surface area contributed by atoms with Crippen molar-refractivity contribution in [1.29, 1.82) is 0 Å². The Morgan fingerprint density at radius 3 is 2.93 bits per heavy atom. The molecule has 0 fully saturated rings. The van der Waals surface area contributed by atoms with Gasteiger partial charge >= 0.3 is 0 Å². The van der Waals surface area contributed by atoms with Gasteiger partial charge in [0.1, 0.15) is 0 Å². The van der Waals surface area contributed by atoms with Crippen LogP contribution in [0.4, 0.5) is 0 Å². The molecule has 0 spiro atoms.